The predicted octanol–water partition coefficient (Wildman–Crippen LogP) is 3.79. The number of nitrogens with zero attached hydrogens (tertiary/aromatic N) is 1. The van der Waals surface area contributed by atoms with Crippen molar-refractivity contribution in [3.05, 3.63) is 29.1 Å². The predicted molar refractivity (Wildman–Crippen MR) is 59.7 cm³/mol. The zero-order chi connectivity index (χ0) is 9.97. The molecule has 0 N–H and O–H groups in total. The van der Waals surface area contributed by atoms with E-state index < -0.39 is 0 Å². The Bertz CT molecular complexity index is 316. The minimum atomic E-state index is 0.603. The van der Waals surface area contributed by atoms with E-state index in [1.54, 1.807) is 0 Å². The Morgan fingerprint density at radius 1 is 1.43 bits per heavy atom. The molecule has 1 nitrogen and oxygen atoms in total. The van der Waals surface area contributed by atoms with Gasteiger partial charge in [-0.3, -0.25) is 4.98 Å². The Morgan fingerprint density at radius 2 is 2.14 bits per heavy atom. The van der Waals surface area contributed by atoms with Gasteiger partial charge in [-0.1, -0.05) is 12.8 Å². The molecule has 1 aromatic heterocycles. The summed E-state index contributed by atoms with van der Waals surface area (Å²) in [5.74, 6) is 1.27. The van der Waals surface area contributed by atoms with Crippen LogP contribution in [0.3, 0.4) is 0 Å². The van der Waals surface area contributed by atoms with Crippen molar-refractivity contribution >= 4 is 11.6 Å². The van der Waals surface area contributed by atoms with Crippen LogP contribution in [0.2, 0.25) is 0 Å². The molecule has 0 amide bonds. The summed E-state index contributed by atoms with van der Waals surface area (Å²) in [4.78, 5) is 4.51. The lowest BCUT2D eigenvalue weighted by atomic mass is 9.97. The van der Waals surface area contributed by atoms with Crippen molar-refractivity contribution in [1.82, 2.24) is 4.98 Å². The zero-order valence-electron chi connectivity index (χ0n) is 8.59. The molecule has 0 bridgehead atoms. The van der Waals surface area contributed by atoms with Crippen molar-refractivity contribution in [2.75, 3.05) is 0 Å². The highest BCUT2D eigenvalue weighted by Crippen LogP contribution is 2.35. The van der Waals surface area contributed by atoms with Gasteiger partial charge in [-0.25, -0.2) is 0 Å². The van der Waals surface area contributed by atoms with E-state index in [1.807, 2.05) is 6.20 Å². The van der Waals surface area contributed by atoms with Gasteiger partial charge in [0.25, 0.3) is 0 Å². The van der Waals surface area contributed by atoms with E-state index in [-0.39, 0.29) is 0 Å². The van der Waals surface area contributed by atoms with Crippen LogP contribution in [0.15, 0.2) is 12.3 Å². The lowest BCUT2D eigenvalue weighted by Gasteiger charge is -2.14. The smallest absolute Gasteiger partial charge is 0.0494 e. The summed E-state index contributed by atoms with van der Waals surface area (Å²) in [6, 6.07) is 2.05. The van der Waals surface area contributed by atoms with E-state index in [4.69, 9.17) is 11.6 Å². The van der Waals surface area contributed by atoms with Crippen LogP contribution in [0, 0.1) is 6.92 Å². The first-order valence-corrected chi connectivity index (χ1v) is 5.86. The summed E-state index contributed by atoms with van der Waals surface area (Å²) in [5, 5.41) is 0. The number of alkyl halides is 1. The molecule has 76 valence electrons. The lowest BCUT2D eigenvalue weighted by Crippen LogP contribution is -2.02. The summed E-state index contributed by atoms with van der Waals surface area (Å²) in [6.45, 7) is 2.12. The molecule has 1 fully saturated rings. The number of aromatic nitrogens is 1. The summed E-state index contributed by atoms with van der Waals surface area (Å²) in [5.41, 5.74) is 3.82. The molecular formula is C12H16ClN. The van der Waals surface area contributed by atoms with Crippen LogP contribution in [-0.2, 0) is 5.88 Å². The van der Waals surface area contributed by atoms with Crippen molar-refractivity contribution in [2.45, 2.75) is 44.4 Å². The molecule has 1 heterocycles. The maximum atomic E-state index is 5.98. The fourth-order valence-corrected chi connectivity index (χ4v) is 2.68. The number of halogens is 1. The first-order valence-electron chi connectivity index (χ1n) is 5.33. The first kappa shape index (κ1) is 9.97. The third kappa shape index (κ3) is 1.78. The summed E-state index contributed by atoms with van der Waals surface area (Å²) < 4.78 is 0. The van der Waals surface area contributed by atoms with E-state index in [0.29, 0.717) is 11.8 Å². The molecule has 1 aliphatic rings. The van der Waals surface area contributed by atoms with Gasteiger partial charge < -0.3 is 0 Å². The van der Waals surface area contributed by atoms with Crippen molar-refractivity contribution in [2.24, 2.45) is 0 Å². The highest BCUT2D eigenvalue weighted by atomic mass is 35.5. The second-order valence-electron chi connectivity index (χ2n) is 4.11. The van der Waals surface area contributed by atoms with Crippen LogP contribution in [0.25, 0.3) is 0 Å². The normalized spacial score (nSPS) is 17.6. The van der Waals surface area contributed by atoms with Gasteiger partial charge in [0.05, 0.1) is 0 Å². The standard InChI is InChI=1S/C12H16ClN/c1-9-6-7-14-12(11(9)8-13)10-4-2-3-5-10/h6-7,10H,2-5,8H2,1H3. The van der Waals surface area contributed by atoms with Crippen molar-refractivity contribution < 1.29 is 0 Å². The highest BCUT2D eigenvalue weighted by molar-refractivity contribution is 6.17. The summed E-state index contributed by atoms with van der Waals surface area (Å²) in [7, 11) is 0. The van der Waals surface area contributed by atoms with E-state index in [0.717, 1.165) is 0 Å². The Labute approximate surface area is 90.5 Å². The Hall–Kier alpha value is -0.560. The number of pyridine rings is 1. The molecular weight excluding hydrogens is 194 g/mol. The molecule has 0 radical (unpaired) electrons. The van der Waals surface area contributed by atoms with Crippen LogP contribution in [0.4, 0.5) is 0 Å². The van der Waals surface area contributed by atoms with Crippen LogP contribution in [-0.4, -0.2) is 4.98 Å². The van der Waals surface area contributed by atoms with E-state index in [1.165, 1.54) is 42.5 Å². The molecule has 0 unspecified atom stereocenters. The fourth-order valence-electron chi connectivity index (χ4n) is 2.33. The van der Waals surface area contributed by atoms with E-state index in [2.05, 4.69) is 18.0 Å². The van der Waals surface area contributed by atoms with Crippen LogP contribution in [0.5, 0.6) is 0 Å². The number of hydrogen-bond acceptors (Lipinski definition) is 1. The van der Waals surface area contributed by atoms with Gasteiger partial charge in [-0.05, 0) is 37.0 Å². The molecule has 0 aromatic carbocycles. The van der Waals surface area contributed by atoms with Gasteiger partial charge in [0.2, 0.25) is 0 Å². The average molecular weight is 210 g/mol. The average Bonchev–Trinajstić information content (AvgIpc) is 2.70. The van der Waals surface area contributed by atoms with Gasteiger partial charge in [-0.2, -0.15) is 0 Å². The molecule has 1 aliphatic carbocycles. The van der Waals surface area contributed by atoms with Gasteiger partial charge in [0, 0.05) is 23.7 Å². The van der Waals surface area contributed by atoms with E-state index >= 15 is 0 Å². The second kappa shape index (κ2) is 4.31. The largest absolute Gasteiger partial charge is 0.261 e. The molecule has 0 aliphatic heterocycles. The third-order valence-corrected chi connectivity index (χ3v) is 3.47. The SMILES string of the molecule is Cc1ccnc(C2CCCC2)c1CCl. The van der Waals surface area contributed by atoms with Crippen LogP contribution < -0.4 is 0 Å². The topological polar surface area (TPSA) is 12.9 Å². The van der Waals surface area contributed by atoms with Crippen molar-refractivity contribution in [3.8, 4) is 0 Å². The Morgan fingerprint density at radius 3 is 2.79 bits per heavy atom. The maximum Gasteiger partial charge on any atom is 0.0494 e. The van der Waals surface area contributed by atoms with Gasteiger partial charge in [-0.15, -0.1) is 11.6 Å². The van der Waals surface area contributed by atoms with Crippen LogP contribution in [0.1, 0.15) is 48.4 Å². The molecule has 0 spiro atoms. The second-order valence-corrected chi connectivity index (χ2v) is 4.37. The Kier molecular flexibility index (Phi) is 3.07. The number of rotatable bonds is 2. The molecule has 2 rings (SSSR count). The zero-order valence-corrected chi connectivity index (χ0v) is 9.35. The van der Waals surface area contributed by atoms with Crippen LogP contribution >= 0.6 is 11.6 Å². The van der Waals surface area contributed by atoms with E-state index in [9.17, 15) is 0 Å². The minimum Gasteiger partial charge on any atom is -0.261 e. The molecule has 1 saturated carbocycles. The number of aryl methyl sites for hydroxylation is 1. The fraction of sp³-hybridized carbons (Fsp3) is 0.583. The monoisotopic (exact) mass is 209 g/mol. The molecule has 0 atom stereocenters. The molecule has 1 aromatic rings. The Balaban J connectivity index is 2.35. The third-order valence-electron chi connectivity index (χ3n) is 3.20. The quantitative estimate of drug-likeness (QED) is 0.676. The van der Waals surface area contributed by atoms with Crippen molar-refractivity contribution in [1.29, 1.82) is 0 Å². The molecule has 0 saturated heterocycles. The van der Waals surface area contributed by atoms with Crippen molar-refractivity contribution in [3.63, 3.8) is 0 Å². The summed E-state index contributed by atoms with van der Waals surface area (Å²) in [6.07, 6.45) is 7.20. The maximum absolute atomic E-state index is 5.98. The molecule has 14 heavy (non-hydrogen) atoms. The van der Waals surface area contributed by atoms with Gasteiger partial charge in [0.1, 0.15) is 0 Å². The lowest BCUT2D eigenvalue weighted by molar-refractivity contribution is 0.688. The first-order chi connectivity index (χ1) is 6.83. The number of hydrogen-bond donors (Lipinski definition) is 0. The minimum absolute atomic E-state index is 0.603. The highest BCUT2D eigenvalue weighted by Gasteiger charge is 2.21. The van der Waals surface area contributed by atoms with Gasteiger partial charge >= 0.3 is 0 Å². The van der Waals surface area contributed by atoms with Gasteiger partial charge in [0.15, 0.2) is 0 Å². The molecule has 2 heteroatoms. The summed E-state index contributed by atoms with van der Waals surface area (Å²) >= 11 is 5.98.